The molecule has 4 atom stereocenters. The van der Waals surface area contributed by atoms with Crippen LogP contribution in [-0.4, -0.2) is 74.6 Å². The fraction of sp³-hybridized carbons (Fsp3) is 0.480. The van der Waals surface area contributed by atoms with Gasteiger partial charge in [-0.15, -0.1) is 0 Å². The number of fused-ring (bicyclic) bond motifs is 3. The molecule has 11 heteroatoms. The van der Waals surface area contributed by atoms with Gasteiger partial charge < -0.3 is 26.2 Å². The number of amides is 1. The molecule has 0 aliphatic heterocycles. The Morgan fingerprint density at radius 3 is 2.50 bits per heavy atom. The maximum Gasteiger partial charge on any atom is 0.255 e. The largest absolute Gasteiger partial charge is 0.510 e. The van der Waals surface area contributed by atoms with E-state index in [9.17, 15) is 34.8 Å². The predicted octanol–water partition coefficient (Wildman–Crippen LogP) is 0.550. The summed E-state index contributed by atoms with van der Waals surface area (Å²) in [5.41, 5.74) is 5.75. The molecule has 4 rings (SSSR count). The van der Waals surface area contributed by atoms with E-state index in [4.69, 9.17) is 10.6 Å². The number of Topliss-reactive ketones (excluding diaryl/α,β-unsaturated/α-hetero) is 2. The van der Waals surface area contributed by atoms with Crippen molar-refractivity contribution in [1.82, 2.24) is 10.4 Å². The molecule has 0 unspecified atom stereocenters. The summed E-state index contributed by atoms with van der Waals surface area (Å²) in [5, 5.41) is 44.2. The van der Waals surface area contributed by atoms with Crippen LogP contribution >= 0.6 is 0 Å². The number of primary amides is 1. The van der Waals surface area contributed by atoms with Gasteiger partial charge in [0.15, 0.2) is 11.4 Å². The van der Waals surface area contributed by atoms with Gasteiger partial charge in [0.1, 0.15) is 22.8 Å². The number of ketones is 2. The number of phenolic OH excluding ortho intramolecular Hbond substituents is 1. The normalized spacial score (nSPS) is 27.9. The van der Waals surface area contributed by atoms with Crippen LogP contribution < -0.4 is 11.2 Å². The van der Waals surface area contributed by atoms with Gasteiger partial charge >= 0.3 is 0 Å². The number of allylic oxidation sites excluding steroid dienone is 1. The third-order valence-corrected chi connectivity index (χ3v) is 7.28. The van der Waals surface area contributed by atoms with Gasteiger partial charge in [0.25, 0.3) is 5.91 Å². The molecular formula is C25H31N3O8. The lowest BCUT2D eigenvalue weighted by atomic mass is 9.58. The van der Waals surface area contributed by atoms with Crippen molar-refractivity contribution in [2.24, 2.45) is 17.6 Å². The topological polar surface area (TPSA) is 183 Å². The molecule has 1 aromatic rings. The average molecular weight is 502 g/mol. The van der Waals surface area contributed by atoms with E-state index in [1.54, 1.807) is 20.2 Å². The fourth-order valence-corrected chi connectivity index (χ4v) is 5.77. The molecular weight excluding hydrogens is 470 g/mol. The Balaban J connectivity index is 1.86. The lowest BCUT2D eigenvalue weighted by Crippen LogP contribution is -2.63. The molecule has 0 radical (unpaired) electrons. The van der Waals surface area contributed by atoms with E-state index in [0.29, 0.717) is 11.1 Å². The number of nitrogens with zero attached hydrogens (tertiary/aromatic N) is 1. The van der Waals surface area contributed by atoms with Gasteiger partial charge in [-0.05, 0) is 63.9 Å². The van der Waals surface area contributed by atoms with Gasteiger partial charge in [0.2, 0.25) is 5.78 Å². The number of aliphatic hydroxyl groups excluding tert-OH is 2. The molecule has 0 bridgehead atoms. The summed E-state index contributed by atoms with van der Waals surface area (Å²) < 4.78 is 0. The number of likely N-dealkylation sites (N-methyl/N-ethyl adjacent to an activating group) is 1. The highest BCUT2D eigenvalue weighted by Crippen LogP contribution is 2.52. The van der Waals surface area contributed by atoms with Crippen LogP contribution in [0.4, 0.5) is 0 Å². The molecule has 1 aromatic carbocycles. The number of aromatic hydroxyl groups is 1. The molecule has 3 aliphatic rings. The molecule has 0 saturated carbocycles. The van der Waals surface area contributed by atoms with Crippen molar-refractivity contribution in [2.75, 3.05) is 14.1 Å². The van der Waals surface area contributed by atoms with E-state index < -0.39 is 58.0 Å². The molecule has 36 heavy (non-hydrogen) atoms. The van der Waals surface area contributed by atoms with E-state index in [-0.39, 0.29) is 42.4 Å². The molecule has 7 N–H and O–H groups in total. The molecule has 1 amide bonds. The summed E-state index contributed by atoms with van der Waals surface area (Å²) in [6.45, 7) is 3.96. The Morgan fingerprint density at radius 1 is 1.25 bits per heavy atom. The molecule has 11 nitrogen and oxygen atoms in total. The number of carbonyl (C=O) groups excluding carboxylic acids is 3. The maximum absolute atomic E-state index is 13.6. The zero-order chi connectivity index (χ0) is 26.7. The number of hydrogen-bond acceptors (Lipinski definition) is 10. The number of nitrogens with one attached hydrogen (secondary N) is 1. The highest BCUT2D eigenvalue weighted by Gasteiger charge is 2.63. The van der Waals surface area contributed by atoms with Crippen molar-refractivity contribution in [3.05, 3.63) is 51.5 Å². The second-order valence-corrected chi connectivity index (χ2v) is 10.0. The van der Waals surface area contributed by atoms with E-state index in [2.05, 4.69) is 5.48 Å². The third-order valence-electron chi connectivity index (χ3n) is 7.28. The van der Waals surface area contributed by atoms with Gasteiger partial charge in [0, 0.05) is 18.0 Å². The molecule has 194 valence electrons. The van der Waals surface area contributed by atoms with Gasteiger partial charge in [0.05, 0.1) is 17.7 Å². The molecule has 0 saturated heterocycles. The highest BCUT2D eigenvalue weighted by atomic mass is 16.7. The van der Waals surface area contributed by atoms with E-state index in [1.807, 2.05) is 13.8 Å². The first-order valence-corrected chi connectivity index (χ1v) is 11.7. The standard InChI is InChI=1S/C25H31N3O8/c1-10(2)36-27-9-11-5-6-15(29)17-13(11)7-12-8-14-19(28(3)4)21(31)18(24(26)34)23(33)25(14,35)22(32)16(12)20(17)30/h5-6,10,12,14,19,27,29,31-32,35H,7-9H2,1-4H3,(H2,26,34)/t12-,14-,19-,25-/m0/s1. The summed E-state index contributed by atoms with van der Waals surface area (Å²) in [6, 6.07) is 2.01. The number of rotatable bonds is 6. The lowest BCUT2D eigenvalue weighted by molar-refractivity contribution is -0.148. The molecule has 0 heterocycles. The first-order chi connectivity index (χ1) is 16.8. The summed E-state index contributed by atoms with van der Waals surface area (Å²) in [7, 11) is 3.17. The van der Waals surface area contributed by atoms with Crippen LogP contribution in [0.15, 0.2) is 34.8 Å². The zero-order valence-corrected chi connectivity index (χ0v) is 20.5. The molecule has 0 spiro atoms. The number of phenols is 1. The maximum atomic E-state index is 13.6. The zero-order valence-electron chi connectivity index (χ0n) is 20.5. The van der Waals surface area contributed by atoms with Crippen molar-refractivity contribution in [2.45, 2.75) is 51.0 Å². The Hall–Kier alpha value is -3.25. The highest BCUT2D eigenvalue weighted by molar-refractivity contribution is 6.24. The van der Waals surface area contributed by atoms with Crippen molar-refractivity contribution < 1.29 is 39.6 Å². The fourth-order valence-electron chi connectivity index (χ4n) is 5.77. The Bertz CT molecular complexity index is 1220. The summed E-state index contributed by atoms with van der Waals surface area (Å²) >= 11 is 0. The van der Waals surface area contributed by atoms with Gasteiger partial charge in [-0.1, -0.05) is 6.07 Å². The summed E-state index contributed by atoms with van der Waals surface area (Å²) in [4.78, 5) is 45.8. The van der Waals surface area contributed by atoms with E-state index in [1.165, 1.54) is 11.0 Å². The smallest absolute Gasteiger partial charge is 0.255 e. The Kier molecular flexibility index (Phi) is 6.46. The van der Waals surface area contributed by atoms with Crippen LogP contribution in [0.25, 0.3) is 0 Å². The number of carbonyl (C=O) groups is 3. The quantitative estimate of drug-likeness (QED) is 0.238. The number of hydrogen-bond donors (Lipinski definition) is 6. The van der Waals surface area contributed by atoms with E-state index >= 15 is 0 Å². The van der Waals surface area contributed by atoms with Crippen molar-refractivity contribution >= 4 is 17.5 Å². The number of benzene rings is 1. The molecule has 0 fully saturated rings. The minimum atomic E-state index is -2.65. The van der Waals surface area contributed by atoms with Crippen LogP contribution in [-0.2, 0) is 27.4 Å². The van der Waals surface area contributed by atoms with E-state index in [0.717, 1.165) is 0 Å². The van der Waals surface area contributed by atoms with Gasteiger partial charge in [-0.2, -0.15) is 5.48 Å². The van der Waals surface area contributed by atoms with Crippen LogP contribution in [0.5, 0.6) is 5.75 Å². The average Bonchev–Trinajstić information content (AvgIpc) is 2.77. The minimum Gasteiger partial charge on any atom is -0.510 e. The number of hydroxylamine groups is 1. The number of aliphatic hydroxyl groups is 3. The lowest BCUT2D eigenvalue weighted by Gasteiger charge is -2.50. The molecule has 3 aliphatic carbocycles. The monoisotopic (exact) mass is 501 g/mol. The first-order valence-electron chi connectivity index (χ1n) is 11.7. The van der Waals surface area contributed by atoms with Crippen LogP contribution in [0, 0.1) is 11.8 Å². The third kappa shape index (κ3) is 3.70. The second-order valence-electron chi connectivity index (χ2n) is 10.0. The Morgan fingerprint density at radius 2 is 1.92 bits per heavy atom. The van der Waals surface area contributed by atoms with Crippen LogP contribution in [0.1, 0.15) is 41.8 Å². The predicted molar refractivity (Wildman–Crippen MR) is 127 cm³/mol. The van der Waals surface area contributed by atoms with Gasteiger partial charge in [-0.25, -0.2) is 0 Å². The number of nitrogens with two attached hydrogens (primary N) is 1. The Labute approximate surface area is 207 Å². The SMILES string of the molecule is CC(C)ONCc1ccc(O)c2c1C[C@H]1C[C@H]3[C@H](N(C)C)C(O)=C(C(N)=O)C(=O)[C@@]3(O)C(O)=C1C2=O. The van der Waals surface area contributed by atoms with Gasteiger partial charge in [-0.3, -0.25) is 24.1 Å². The first kappa shape index (κ1) is 25.8. The summed E-state index contributed by atoms with van der Waals surface area (Å²) in [6.07, 6.45) is 0.179. The van der Waals surface area contributed by atoms with Crippen molar-refractivity contribution in [1.29, 1.82) is 0 Å². The minimum absolute atomic E-state index is 0.0281. The summed E-state index contributed by atoms with van der Waals surface area (Å²) in [5.74, 6) is -6.70. The van der Waals surface area contributed by atoms with Crippen molar-refractivity contribution in [3.8, 4) is 5.75 Å². The van der Waals surface area contributed by atoms with Crippen molar-refractivity contribution in [3.63, 3.8) is 0 Å². The van der Waals surface area contributed by atoms with Crippen LogP contribution in [0.3, 0.4) is 0 Å². The second kappa shape index (κ2) is 9.00. The van der Waals surface area contributed by atoms with Crippen LogP contribution in [0.2, 0.25) is 0 Å². The molecule has 0 aromatic heterocycles.